The molecule has 4 N–H and O–H groups in total. The van der Waals surface area contributed by atoms with Gasteiger partial charge in [0.05, 0.1) is 24.7 Å². The summed E-state index contributed by atoms with van der Waals surface area (Å²) >= 11 is 0. The van der Waals surface area contributed by atoms with Gasteiger partial charge in [0, 0.05) is 5.39 Å². The standard InChI is InChI=1S/C19H20BNO5/c22-11-16(13-6-2-1-3-7-13)19(23)21-18(20(24)25)10-14-12-26-17-9-5-4-8-15(14)17/h1-9,12,16,18,22,24-25H,10-11H2,(H,21,23)/t16-,18-/m0/s1. The first kappa shape index (κ1) is 18.2. The summed E-state index contributed by atoms with van der Waals surface area (Å²) in [6.07, 6.45) is 1.74. The van der Waals surface area contributed by atoms with Crippen LogP contribution in [0.1, 0.15) is 17.0 Å². The second-order valence-electron chi connectivity index (χ2n) is 6.14. The van der Waals surface area contributed by atoms with E-state index in [0.717, 1.165) is 10.9 Å². The van der Waals surface area contributed by atoms with Gasteiger partial charge in [-0.25, -0.2) is 0 Å². The first-order valence-electron chi connectivity index (χ1n) is 8.37. The normalized spacial score (nSPS) is 13.3. The van der Waals surface area contributed by atoms with Crippen LogP contribution in [0.3, 0.4) is 0 Å². The van der Waals surface area contributed by atoms with Crippen LogP contribution < -0.4 is 5.32 Å². The van der Waals surface area contributed by atoms with Crippen LogP contribution >= 0.6 is 0 Å². The van der Waals surface area contributed by atoms with Gasteiger partial charge in [0.15, 0.2) is 0 Å². The molecule has 0 saturated carbocycles. The molecule has 134 valence electrons. The van der Waals surface area contributed by atoms with Crippen LogP contribution in [-0.2, 0) is 11.2 Å². The van der Waals surface area contributed by atoms with Crippen molar-refractivity contribution in [2.24, 2.45) is 0 Å². The third-order valence-electron chi connectivity index (χ3n) is 4.39. The molecule has 6 nitrogen and oxygen atoms in total. The highest BCUT2D eigenvalue weighted by atomic mass is 16.4. The van der Waals surface area contributed by atoms with Gasteiger partial charge in [-0.15, -0.1) is 0 Å². The second-order valence-corrected chi connectivity index (χ2v) is 6.14. The molecule has 1 heterocycles. The molecule has 2 aromatic carbocycles. The van der Waals surface area contributed by atoms with Crippen molar-refractivity contribution in [1.29, 1.82) is 0 Å². The number of amides is 1. The summed E-state index contributed by atoms with van der Waals surface area (Å²) in [5.41, 5.74) is 2.12. The number of carbonyl (C=O) groups is 1. The first-order valence-corrected chi connectivity index (χ1v) is 8.37. The van der Waals surface area contributed by atoms with Gasteiger partial charge in [0.2, 0.25) is 5.91 Å². The highest BCUT2D eigenvalue weighted by Gasteiger charge is 2.30. The number of aliphatic hydroxyl groups excluding tert-OH is 1. The molecule has 3 rings (SSSR count). The third-order valence-corrected chi connectivity index (χ3v) is 4.39. The lowest BCUT2D eigenvalue weighted by Gasteiger charge is -2.21. The predicted octanol–water partition coefficient (Wildman–Crippen LogP) is 1.25. The number of rotatable bonds is 7. The van der Waals surface area contributed by atoms with Crippen molar-refractivity contribution in [3.8, 4) is 0 Å². The quantitative estimate of drug-likeness (QED) is 0.479. The van der Waals surface area contributed by atoms with E-state index in [2.05, 4.69) is 5.32 Å². The van der Waals surface area contributed by atoms with Gasteiger partial charge in [-0.1, -0.05) is 48.5 Å². The largest absolute Gasteiger partial charge is 0.475 e. The average molecular weight is 353 g/mol. The number of carbonyl (C=O) groups excluding carboxylic acids is 1. The van der Waals surface area contributed by atoms with Gasteiger partial charge < -0.3 is 24.9 Å². The van der Waals surface area contributed by atoms with E-state index >= 15 is 0 Å². The Kier molecular flexibility index (Phi) is 5.73. The lowest BCUT2D eigenvalue weighted by atomic mass is 9.75. The number of para-hydroxylation sites is 1. The van der Waals surface area contributed by atoms with Gasteiger partial charge in [-0.2, -0.15) is 0 Å². The fourth-order valence-corrected chi connectivity index (χ4v) is 2.97. The molecule has 0 aliphatic rings. The molecule has 0 bridgehead atoms. The summed E-state index contributed by atoms with van der Waals surface area (Å²) in [6, 6.07) is 16.3. The highest BCUT2D eigenvalue weighted by Crippen LogP contribution is 2.22. The predicted molar refractivity (Wildman–Crippen MR) is 98.3 cm³/mol. The van der Waals surface area contributed by atoms with Crippen molar-refractivity contribution < 1.29 is 24.4 Å². The van der Waals surface area contributed by atoms with Crippen LogP contribution in [0, 0.1) is 0 Å². The summed E-state index contributed by atoms with van der Waals surface area (Å²) in [6.45, 7) is -0.376. The lowest BCUT2D eigenvalue weighted by molar-refractivity contribution is -0.123. The topological polar surface area (TPSA) is 103 Å². The van der Waals surface area contributed by atoms with Gasteiger partial charge in [-0.3, -0.25) is 4.79 Å². The Balaban J connectivity index is 1.77. The minimum atomic E-state index is -1.75. The zero-order chi connectivity index (χ0) is 18.5. The Bertz CT molecular complexity index is 865. The first-order chi connectivity index (χ1) is 12.6. The number of fused-ring (bicyclic) bond motifs is 1. The van der Waals surface area contributed by atoms with Crippen LogP contribution in [0.5, 0.6) is 0 Å². The monoisotopic (exact) mass is 353 g/mol. The van der Waals surface area contributed by atoms with Gasteiger partial charge >= 0.3 is 7.12 Å². The van der Waals surface area contributed by atoms with E-state index in [1.807, 2.05) is 30.3 Å². The van der Waals surface area contributed by atoms with Crippen LogP contribution in [-0.4, -0.2) is 40.7 Å². The van der Waals surface area contributed by atoms with E-state index in [-0.39, 0.29) is 13.0 Å². The fourth-order valence-electron chi connectivity index (χ4n) is 2.97. The molecule has 26 heavy (non-hydrogen) atoms. The Morgan fingerprint density at radius 3 is 2.46 bits per heavy atom. The van der Waals surface area contributed by atoms with Crippen molar-refractivity contribution in [2.75, 3.05) is 6.61 Å². The van der Waals surface area contributed by atoms with Crippen LogP contribution in [0.4, 0.5) is 0 Å². The van der Waals surface area contributed by atoms with E-state index in [0.29, 0.717) is 11.1 Å². The number of nitrogens with one attached hydrogen (secondary N) is 1. The molecule has 0 aliphatic carbocycles. The average Bonchev–Trinajstić information content (AvgIpc) is 3.06. The summed E-state index contributed by atoms with van der Waals surface area (Å²) < 4.78 is 5.46. The Hall–Kier alpha value is -2.61. The molecule has 0 spiro atoms. The van der Waals surface area contributed by atoms with Crippen LogP contribution in [0.25, 0.3) is 11.0 Å². The Morgan fingerprint density at radius 1 is 1.08 bits per heavy atom. The van der Waals surface area contributed by atoms with E-state index in [9.17, 15) is 19.9 Å². The molecular formula is C19H20BNO5. The summed E-state index contributed by atoms with van der Waals surface area (Å²) in [5.74, 6) is -2.18. The second kappa shape index (κ2) is 8.18. The van der Waals surface area contributed by atoms with Gasteiger partial charge in [0.25, 0.3) is 0 Å². The summed E-state index contributed by atoms with van der Waals surface area (Å²) in [7, 11) is -1.75. The zero-order valence-corrected chi connectivity index (χ0v) is 14.1. The molecule has 0 saturated heterocycles. The van der Waals surface area contributed by atoms with E-state index < -0.39 is 24.9 Å². The minimum absolute atomic E-state index is 0.188. The number of hydrogen-bond acceptors (Lipinski definition) is 5. The smallest absolute Gasteiger partial charge is 0.464 e. The molecule has 0 fully saturated rings. The van der Waals surface area contributed by atoms with E-state index in [1.165, 1.54) is 0 Å². The van der Waals surface area contributed by atoms with Crippen molar-refractivity contribution in [1.82, 2.24) is 5.32 Å². The Morgan fingerprint density at radius 2 is 1.77 bits per heavy atom. The minimum Gasteiger partial charge on any atom is -0.464 e. The van der Waals surface area contributed by atoms with Crippen molar-refractivity contribution >= 4 is 24.0 Å². The molecule has 1 aromatic heterocycles. The maximum absolute atomic E-state index is 12.6. The molecule has 3 aromatic rings. The lowest BCUT2D eigenvalue weighted by Crippen LogP contribution is -2.49. The fraction of sp³-hybridized carbons (Fsp3) is 0.211. The molecular weight excluding hydrogens is 333 g/mol. The maximum atomic E-state index is 12.6. The van der Waals surface area contributed by atoms with E-state index in [4.69, 9.17) is 4.42 Å². The summed E-state index contributed by atoms with van der Waals surface area (Å²) in [5, 5.41) is 32.5. The third kappa shape index (κ3) is 3.96. The molecule has 0 unspecified atom stereocenters. The number of aliphatic hydroxyl groups is 1. The van der Waals surface area contributed by atoms with Crippen molar-refractivity contribution in [3.05, 3.63) is 72.0 Å². The van der Waals surface area contributed by atoms with Crippen LogP contribution in [0.15, 0.2) is 65.3 Å². The number of furan rings is 1. The molecule has 0 aliphatic heterocycles. The highest BCUT2D eigenvalue weighted by molar-refractivity contribution is 6.43. The number of benzene rings is 2. The Labute approximate surface area is 151 Å². The SMILES string of the molecule is O=C(N[C@@H](Cc1coc2ccccc12)B(O)O)[C@@H](CO)c1ccccc1. The van der Waals surface area contributed by atoms with E-state index in [1.54, 1.807) is 30.5 Å². The molecule has 0 radical (unpaired) electrons. The molecule has 2 atom stereocenters. The summed E-state index contributed by atoms with van der Waals surface area (Å²) in [4.78, 5) is 12.6. The number of hydrogen-bond donors (Lipinski definition) is 4. The van der Waals surface area contributed by atoms with Gasteiger partial charge in [-0.05, 0) is 23.6 Å². The van der Waals surface area contributed by atoms with Crippen molar-refractivity contribution in [3.63, 3.8) is 0 Å². The van der Waals surface area contributed by atoms with Crippen molar-refractivity contribution in [2.45, 2.75) is 18.3 Å². The zero-order valence-electron chi connectivity index (χ0n) is 14.1. The van der Waals surface area contributed by atoms with Gasteiger partial charge in [0.1, 0.15) is 5.58 Å². The maximum Gasteiger partial charge on any atom is 0.475 e. The molecule has 1 amide bonds. The molecule has 7 heteroatoms. The van der Waals surface area contributed by atoms with Crippen LogP contribution in [0.2, 0.25) is 0 Å².